The lowest BCUT2D eigenvalue weighted by Crippen LogP contribution is -2.52. The van der Waals surface area contributed by atoms with Crippen molar-refractivity contribution in [1.82, 2.24) is 5.32 Å². The number of hydrogen-bond acceptors (Lipinski definition) is 8. The van der Waals surface area contributed by atoms with Gasteiger partial charge in [-0.15, -0.1) is 0 Å². The summed E-state index contributed by atoms with van der Waals surface area (Å²) in [6.07, 6.45) is 24.5. The lowest BCUT2D eigenvalue weighted by Gasteiger charge is -2.40. The van der Waals surface area contributed by atoms with Crippen molar-refractivity contribution in [3.05, 3.63) is 0 Å². The average molecular weight is 702 g/mol. The highest BCUT2D eigenvalue weighted by molar-refractivity contribution is 5.67. The van der Waals surface area contributed by atoms with Gasteiger partial charge in [-0.2, -0.15) is 0 Å². The molecule has 8 unspecified atom stereocenters. The van der Waals surface area contributed by atoms with Gasteiger partial charge in [0.15, 0.2) is 0 Å². The predicted molar refractivity (Wildman–Crippen MR) is 198 cm³/mol. The molecule has 1 fully saturated rings. The van der Waals surface area contributed by atoms with Crippen molar-refractivity contribution in [2.24, 2.45) is 11.8 Å². The van der Waals surface area contributed by atoms with Crippen LogP contribution in [0.3, 0.4) is 0 Å². The minimum absolute atomic E-state index is 0.0920. The van der Waals surface area contributed by atoms with Gasteiger partial charge in [0.25, 0.3) is 0 Å². The topological polar surface area (TPSA) is 160 Å². The molecule has 0 radical (unpaired) electrons. The smallest absolute Gasteiger partial charge is 0.407 e. The number of aliphatic hydroxyl groups is 6. The Labute approximate surface area is 300 Å². The molecule has 1 aliphatic rings. The van der Waals surface area contributed by atoms with Crippen LogP contribution in [0, 0.1) is 11.8 Å². The molecule has 9 nitrogen and oxygen atoms in total. The molecule has 0 aromatic carbocycles. The van der Waals surface area contributed by atoms with Crippen LogP contribution in [0.1, 0.15) is 187 Å². The zero-order chi connectivity index (χ0) is 36.1. The van der Waals surface area contributed by atoms with E-state index in [0.717, 1.165) is 19.3 Å². The van der Waals surface area contributed by atoms with Gasteiger partial charge in [-0.05, 0) is 38.0 Å². The molecule has 0 aromatic heterocycles. The van der Waals surface area contributed by atoms with Gasteiger partial charge >= 0.3 is 6.09 Å². The van der Waals surface area contributed by atoms with Gasteiger partial charge in [-0.25, -0.2) is 4.79 Å². The fourth-order valence-corrected chi connectivity index (χ4v) is 7.33. The first-order chi connectivity index (χ1) is 23.7. The van der Waals surface area contributed by atoms with E-state index >= 15 is 0 Å². The predicted octanol–water partition coefficient (Wildman–Crippen LogP) is 7.70. The Morgan fingerprint density at radius 3 is 1.51 bits per heavy atom. The van der Waals surface area contributed by atoms with Gasteiger partial charge in [0.05, 0.1) is 37.1 Å². The zero-order valence-corrected chi connectivity index (χ0v) is 31.6. The normalized spacial score (nSPS) is 22.9. The summed E-state index contributed by atoms with van der Waals surface area (Å²) in [5.41, 5.74) is 0. The molecule has 0 bridgehead atoms. The molecule has 1 saturated carbocycles. The minimum atomic E-state index is -1.36. The number of alkyl carbamates (subject to hydrolysis) is 1. The summed E-state index contributed by atoms with van der Waals surface area (Å²) in [6.45, 7) is 4.09. The summed E-state index contributed by atoms with van der Waals surface area (Å²) in [5, 5.41) is 63.9. The first-order valence-electron chi connectivity index (χ1n) is 20.7. The van der Waals surface area contributed by atoms with Crippen molar-refractivity contribution >= 4 is 6.09 Å². The molecule has 0 spiro atoms. The summed E-state index contributed by atoms with van der Waals surface area (Å²) in [4.78, 5) is 12.6. The van der Waals surface area contributed by atoms with Crippen LogP contribution in [0.2, 0.25) is 0 Å². The molecule has 1 aliphatic carbocycles. The number of aliphatic hydroxyl groups excluding tert-OH is 6. The maximum Gasteiger partial charge on any atom is 0.407 e. The maximum absolute atomic E-state index is 12.6. The Morgan fingerprint density at radius 1 is 0.653 bits per heavy atom. The van der Waals surface area contributed by atoms with Gasteiger partial charge < -0.3 is 40.7 Å². The van der Waals surface area contributed by atoms with E-state index in [1.807, 2.05) is 6.92 Å². The van der Waals surface area contributed by atoms with Crippen molar-refractivity contribution in [3.63, 3.8) is 0 Å². The summed E-state index contributed by atoms with van der Waals surface area (Å²) in [6, 6.07) is -0.706. The Kier molecular flexibility index (Phi) is 28.8. The van der Waals surface area contributed by atoms with E-state index in [1.54, 1.807) is 0 Å². The molecule has 0 aromatic rings. The molecule has 9 heteroatoms. The fraction of sp³-hybridized carbons (Fsp3) is 0.975. The number of unbranched alkanes of at least 4 members (excludes halogenated alkanes) is 21. The first-order valence-corrected chi connectivity index (χ1v) is 20.7. The van der Waals surface area contributed by atoms with Crippen LogP contribution >= 0.6 is 0 Å². The minimum Gasteiger partial charge on any atom is -0.450 e. The van der Waals surface area contributed by atoms with Crippen molar-refractivity contribution in [1.29, 1.82) is 0 Å². The van der Waals surface area contributed by atoms with E-state index < -0.39 is 54.5 Å². The molecule has 49 heavy (non-hydrogen) atoms. The van der Waals surface area contributed by atoms with Crippen LogP contribution in [0.4, 0.5) is 4.79 Å². The van der Waals surface area contributed by atoms with E-state index in [-0.39, 0.29) is 19.4 Å². The molecule has 292 valence electrons. The number of rotatable bonds is 32. The number of nitrogens with one attached hydrogen (secondary N) is 1. The third kappa shape index (κ3) is 22.6. The van der Waals surface area contributed by atoms with Crippen LogP contribution in [0.25, 0.3) is 0 Å². The largest absolute Gasteiger partial charge is 0.450 e. The van der Waals surface area contributed by atoms with Gasteiger partial charge in [0.1, 0.15) is 6.10 Å². The molecule has 0 aliphatic heterocycles. The average Bonchev–Trinajstić information content (AvgIpc) is 3.09. The van der Waals surface area contributed by atoms with Crippen molar-refractivity contribution < 1.29 is 40.2 Å². The molecule has 1 amide bonds. The second-order valence-electron chi connectivity index (χ2n) is 15.2. The number of amides is 1. The third-order valence-corrected chi connectivity index (χ3v) is 10.8. The monoisotopic (exact) mass is 702 g/mol. The molecule has 0 heterocycles. The molecule has 0 saturated heterocycles. The molecular weight excluding hydrogens is 622 g/mol. The van der Waals surface area contributed by atoms with Gasteiger partial charge in [0, 0.05) is 18.9 Å². The number of hydrogen-bond donors (Lipinski definition) is 7. The second-order valence-corrected chi connectivity index (χ2v) is 15.2. The van der Waals surface area contributed by atoms with Crippen LogP contribution in [-0.4, -0.2) is 86.5 Å². The highest BCUT2D eigenvalue weighted by Gasteiger charge is 2.42. The Morgan fingerprint density at radius 2 is 1.08 bits per heavy atom. The van der Waals surface area contributed by atoms with E-state index in [2.05, 4.69) is 12.2 Å². The Hall–Kier alpha value is -0.970. The summed E-state index contributed by atoms with van der Waals surface area (Å²) >= 11 is 0. The van der Waals surface area contributed by atoms with Gasteiger partial charge in [0.2, 0.25) is 0 Å². The lowest BCUT2D eigenvalue weighted by atomic mass is 9.73. The third-order valence-electron chi connectivity index (χ3n) is 10.8. The van der Waals surface area contributed by atoms with Crippen LogP contribution in [0.5, 0.6) is 0 Å². The van der Waals surface area contributed by atoms with E-state index in [4.69, 9.17) is 4.74 Å². The van der Waals surface area contributed by atoms with E-state index in [9.17, 15) is 35.4 Å². The Bertz CT molecular complexity index is 756. The van der Waals surface area contributed by atoms with Crippen LogP contribution < -0.4 is 5.32 Å². The van der Waals surface area contributed by atoms with Gasteiger partial charge in [-0.3, -0.25) is 0 Å². The SMILES string of the molecule is CCCCCCCCCCCCCCCCCCCCCCCCOC(=O)NC(CCC1CC(CO)C(O)C(O)C1O)C(O)CC(O)CC. The Balaban J connectivity index is 2.09. The first kappa shape index (κ1) is 46.1. The number of carbonyl (C=O) groups is 1. The molecular formula is C40H79NO8. The van der Waals surface area contributed by atoms with Gasteiger partial charge in [-0.1, -0.05) is 149 Å². The summed E-state index contributed by atoms with van der Waals surface area (Å²) in [7, 11) is 0. The van der Waals surface area contributed by atoms with Crippen molar-refractivity contribution in [3.8, 4) is 0 Å². The zero-order valence-electron chi connectivity index (χ0n) is 31.6. The van der Waals surface area contributed by atoms with Crippen LogP contribution in [0.15, 0.2) is 0 Å². The molecule has 7 N–H and O–H groups in total. The fourth-order valence-electron chi connectivity index (χ4n) is 7.33. The van der Waals surface area contributed by atoms with Crippen LogP contribution in [-0.2, 0) is 4.74 Å². The second kappa shape index (κ2) is 30.6. The van der Waals surface area contributed by atoms with Crippen molar-refractivity contribution in [2.75, 3.05) is 13.2 Å². The quantitative estimate of drug-likeness (QED) is 0.0352. The molecule has 1 rings (SSSR count). The highest BCUT2D eigenvalue weighted by Crippen LogP contribution is 2.33. The summed E-state index contributed by atoms with van der Waals surface area (Å²) in [5.74, 6) is -0.964. The summed E-state index contributed by atoms with van der Waals surface area (Å²) < 4.78 is 5.40. The standard InChI is InChI=1S/C40H79NO8/c1-3-5-6-7-8-9-10-11-12-13-14-15-16-17-18-19-20-21-22-23-24-25-28-49-40(48)41-35(36(44)30-34(43)4-2)27-26-32-29-33(31-42)38(46)39(47)37(32)45/h32-39,42-47H,3-31H2,1-2H3,(H,41,48). The number of carbonyl (C=O) groups excluding carboxylic acids is 1. The van der Waals surface area contributed by atoms with E-state index in [1.165, 1.54) is 122 Å². The van der Waals surface area contributed by atoms with Crippen molar-refractivity contribution in [2.45, 2.75) is 224 Å². The van der Waals surface area contributed by atoms with E-state index in [0.29, 0.717) is 25.9 Å². The highest BCUT2D eigenvalue weighted by atomic mass is 16.5. The maximum atomic E-state index is 12.6. The number of ether oxygens (including phenoxy) is 1. The lowest BCUT2D eigenvalue weighted by molar-refractivity contribution is -0.143. The molecule has 8 atom stereocenters.